The number of alkyl halides is 1. The number of aryl methyl sites for hydroxylation is 1. The van der Waals surface area contributed by atoms with Gasteiger partial charge in [-0.3, -0.25) is 4.68 Å². The number of aromatic nitrogens is 2. The van der Waals surface area contributed by atoms with Gasteiger partial charge in [-0.05, 0) is 44.2 Å². The lowest BCUT2D eigenvalue weighted by atomic mass is 10.1. The Kier molecular flexibility index (Phi) is 4.86. The number of hydrogen-bond donors (Lipinski definition) is 0. The van der Waals surface area contributed by atoms with Crippen LogP contribution < -0.4 is 0 Å². The fourth-order valence-electron chi connectivity index (χ4n) is 2.70. The molecule has 1 aliphatic rings. The van der Waals surface area contributed by atoms with E-state index < -0.39 is 0 Å². The summed E-state index contributed by atoms with van der Waals surface area (Å²) in [5, 5.41) is 4.21. The average Bonchev–Trinajstić information content (AvgIpc) is 2.92. The first-order chi connectivity index (χ1) is 8.29. The van der Waals surface area contributed by atoms with E-state index in [-0.39, 0.29) is 0 Å². The van der Waals surface area contributed by atoms with Gasteiger partial charge in [-0.15, -0.1) is 11.6 Å². The van der Waals surface area contributed by atoms with Crippen molar-refractivity contribution in [3.8, 4) is 0 Å². The van der Waals surface area contributed by atoms with Gasteiger partial charge in [-0.1, -0.05) is 0 Å². The maximum Gasteiger partial charge on any atom is 0.0522 e. The van der Waals surface area contributed by atoms with Crippen LogP contribution in [0.2, 0.25) is 0 Å². The third-order valence-electron chi connectivity index (χ3n) is 3.62. The largest absolute Gasteiger partial charge is 0.300 e. The maximum atomic E-state index is 5.77. The average molecular weight is 256 g/mol. The summed E-state index contributed by atoms with van der Waals surface area (Å²) in [5.41, 5.74) is 1.34. The number of nitrogens with zero attached hydrogens (tertiary/aromatic N) is 3. The fraction of sp³-hybridized carbons (Fsp3) is 0.769. The van der Waals surface area contributed by atoms with Gasteiger partial charge in [0.15, 0.2) is 0 Å². The summed E-state index contributed by atoms with van der Waals surface area (Å²) < 4.78 is 1.88. The van der Waals surface area contributed by atoms with Gasteiger partial charge in [0, 0.05) is 31.7 Å². The van der Waals surface area contributed by atoms with E-state index in [0.29, 0.717) is 0 Å². The lowest BCUT2D eigenvalue weighted by molar-refractivity contribution is 0.245. The summed E-state index contributed by atoms with van der Waals surface area (Å²) in [5.74, 6) is 0.799. The van der Waals surface area contributed by atoms with E-state index in [4.69, 9.17) is 11.6 Å². The standard InChI is InChI=1S/C13H22ClN3/c1-16-11-12(10-15-16)6-9-17-8-3-5-13(17)4-2-7-14/h10-11,13H,2-9H2,1H3. The van der Waals surface area contributed by atoms with E-state index in [1.54, 1.807) is 0 Å². The van der Waals surface area contributed by atoms with Gasteiger partial charge in [0.1, 0.15) is 0 Å². The Morgan fingerprint density at radius 2 is 2.41 bits per heavy atom. The molecule has 0 spiro atoms. The molecule has 2 rings (SSSR count). The summed E-state index contributed by atoms with van der Waals surface area (Å²) in [6.45, 7) is 2.42. The predicted octanol–water partition coefficient (Wildman–Crippen LogP) is 2.45. The summed E-state index contributed by atoms with van der Waals surface area (Å²) in [7, 11) is 1.97. The Hall–Kier alpha value is -0.540. The molecule has 17 heavy (non-hydrogen) atoms. The highest BCUT2D eigenvalue weighted by Crippen LogP contribution is 2.21. The van der Waals surface area contributed by atoms with Crippen molar-refractivity contribution in [2.75, 3.05) is 19.0 Å². The second-order valence-electron chi connectivity index (χ2n) is 4.94. The van der Waals surface area contributed by atoms with Crippen molar-refractivity contribution in [2.24, 2.45) is 7.05 Å². The highest BCUT2D eigenvalue weighted by atomic mass is 35.5. The van der Waals surface area contributed by atoms with Crippen LogP contribution in [-0.4, -0.2) is 39.7 Å². The molecular weight excluding hydrogens is 234 g/mol. The summed E-state index contributed by atoms with van der Waals surface area (Å²) in [6, 6.07) is 0.769. The van der Waals surface area contributed by atoms with Crippen LogP contribution in [0, 0.1) is 0 Å². The minimum atomic E-state index is 0.769. The Morgan fingerprint density at radius 1 is 1.53 bits per heavy atom. The molecule has 3 nitrogen and oxygen atoms in total. The molecule has 0 radical (unpaired) electrons. The molecule has 1 aromatic rings. The van der Waals surface area contributed by atoms with E-state index in [9.17, 15) is 0 Å². The summed E-state index contributed by atoms with van der Waals surface area (Å²) in [4.78, 5) is 2.62. The second kappa shape index (κ2) is 6.41. The van der Waals surface area contributed by atoms with Crippen LogP contribution >= 0.6 is 11.6 Å². The van der Waals surface area contributed by atoms with E-state index in [1.165, 1.54) is 37.9 Å². The van der Waals surface area contributed by atoms with Crippen LogP contribution in [0.1, 0.15) is 31.2 Å². The van der Waals surface area contributed by atoms with Crippen LogP contribution in [0.4, 0.5) is 0 Å². The fourth-order valence-corrected chi connectivity index (χ4v) is 2.86. The zero-order valence-corrected chi connectivity index (χ0v) is 11.4. The monoisotopic (exact) mass is 255 g/mol. The minimum Gasteiger partial charge on any atom is -0.300 e. The van der Waals surface area contributed by atoms with Crippen LogP contribution in [0.15, 0.2) is 12.4 Å². The van der Waals surface area contributed by atoms with Gasteiger partial charge >= 0.3 is 0 Å². The predicted molar refractivity (Wildman–Crippen MR) is 71.5 cm³/mol. The molecule has 0 bridgehead atoms. The topological polar surface area (TPSA) is 21.1 Å². The van der Waals surface area contributed by atoms with E-state index in [1.807, 2.05) is 17.9 Å². The molecule has 0 aliphatic carbocycles. The SMILES string of the molecule is Cn1cc(CCN2CCCC2CCCCl)cn1. The van der Waals surface area contributed by atoms with Crippen molar-refractivity contribution in [2.45, 2.75) is 38.1 Å². The number of likely N-dealkylation sites (tertiary alicyclic amines) is 1. The molecule has 1 aromatic heterocycles. The Morgan fingerprint density at radius 3 is 3.12 bits per heavy atom. The lowest BCUT2D eigenvalue weighted by Crippen LogP contribution is -2.31. The molecule has 0 N–H and O–H groups in total. The van der Waals surface area contributed by atoms with Gasteiger partial charge in [0.25, 0.3) is 0 Å². The van der Waals surface area contributed by atoms with Crippen LogP contribution in [0.5, 0.6) is 0 Å². The van der Waals surface area contributed by atoms with Crippen molar-refractivity contribution < 1.29 is 0 Å². The molecule has 0 amide bonds. The third kappa shape index (κ3) is 3.71. The minimum absolute atomic E-state index is 0.769. The molecule has 0 saturated carbocycles. The smallest absolute Gasteiger partial charge is 0.0522 e. The molecule has 96 valence electrons. The summed E-state index contributed by atoms with van der Waals surface area (Å²) >= 11 is 5.77. The molecule has 1 unspecified atom stereocenters. The first kappa shape index (κ1) is 12.9. The van der Waals surface area contributed by atoms with Crippen molar-refractivity contribution in [1.82, 2.24) is 14.7 Å². The molecule has 1 aliphatic heterocycles. The summed E-state index contributed by atoms with van der Waals surface area (Å²) in [6.07, 6.45) is 10.3. The zero-order valence-electron chi connectivity index (χ0n) is 10.6. The van der Waals surface area contributed by atoms with Crippen molar-refractivity contribution >= 4 is 11.6 Å². The molecule has 1 saturated heterocycles. The number of hydrogen-bond acceptors (Lipinski definition) is 2. The number of rotatable bonds is 6. The Balaban J connectivity index is 1.77. The van der Waals surface area contributed by atoms with E-state index >= 15 is 0 Å². The van der Waals surface area contributed by atoms with Gasteiger partial charge in [0.2, 0.25) is 0 Å². The van der Waals surface area contributed by atoms with Crippen molar-refractivity contribution in [3.05, 3.63) is 18.0 Å². The molecule has 0 aromatic carbocycles. The lowest BCUT2D eigenvalue weighted by Gasteiger charge is -2.23. The van der Waals surface area contributed by atoms with Crippen LogP contribution in [0.25, 0.3) is 0 Å². The second-order valence-corrected chi connectivity index (χ2v) is 5.31. The maximum absolute atomic E-state index is 5.77. The van der Waals surface area contributed by atoms with Gasteiger partial charge < -0.3 is 4.90 Å². The van der Waals surface area contributed by atoms with Crippen LogP contribution in [-0.2, 0) is 13.5 Å². The third-order valence-corrected chi connectivity index (χ3v) is 3.88. The van der Waals surface area contributed by atoms with Gasteiger partial charge in [-0.25, -0.2) is 0 Å². The van der Waals surface area contributed by atoms with E-state index in [2.05, 4.69) is 16.2 Å². The molecule has 2 heterocycles. The Labute approximate surface area is 109 Å². The highest BCUT2D eigenvalue weighted by molar-refractivity contribution is 6.17. The first-order valence-corrected chi connectivity index (χ1v) is 7.10. The normalized spacial score (nSPS) is 21.2. The Bertz CT molecular complexity index is 337. The molecule has 4 heteroatoms. The molecular formula is C13H22ClN3. The van der Waals surface area contributed by atoms with Crippen LogP contribution in [0.3, 0.4) is 0 Å². The van der Waals surface area contributed by atoms with Gasteiger partial charge in [-0.2, -0.15) is 5.10 Å². The van der Waals surface area contributed by atoms with Crippen molar-refractivity contribution in [1.29, 1.82) is 0 Å². The first-order valence-electron chi connectivity index (χ1n) is 6.57. The molecule has 1 fully saturated rings. The molecule has 1 atom stereocenters. The van der Waals surface area contributed by atoms with Gasteiger partial charge in [0.05, 0.1) is 6.20 Å². The zero-order chi connectivity index (χ0) is 12.1. The highest BCUT2D eigenvalue weighted by Gasteiger charge is 2.23. The number of halogens is 1. The van der Waals surface area contributed by atoms with Crippen molar-refractivity contribution in [3.63, 3.8) is 0 Å². The van der Waals surface area contributed by atoms with E-state index in [0.717, 1.165) is 24.8 Å². The quantitative estimate of drug-likeness (QED) is 0.728.